The number of amides is 1. The summed E-state index contributed by atoms with van der Waals surface area (Å²) in [5.41, 5.74) is -0.353. The van der Waals surface area contributed by atoms with Gasteiger partial charge in [0.1, 0.15) is 34.6 Å². The summed E-state index contributed by atoms with van der Waals surface area (Å²) < 4.78 is 43.4. The molecule has 0 saturated carbocycles. The highest BCUT2D eigenvalue weighted by molar-refractivity contribution is 6.51. The number of aliphatic hydroxyl groups is 1. The Kier molecular flexibility index (Phi) is 5.40. The van der Waals surface area contributed by atoms with Crippen LogP contribution in [-0.2, 0) is 9.59 Å². The molecule has 1 aromatic heterocycles. The van der Waals surface area contributed by atoms with Crippen LogP contribution in [0.2, 0.25) is 0 Å². The molecule has 2 aromatic carbocycles. The fraction of sp³-hybridized carbons (Fsp3) is 0.130. The third kappa shape index (κ3) is 3.27. The molecule has 1 amide bonds. The fourth-order valence-electron chi connectivity index (χ4n) is 3.67. The minimum Gasteiger partial charge on any atom is -0.506 e. The maximum absolute atomic E-state index is 13.9. The summed E-state index contributed by atoms with van der Waals surface area (Å²) in [7, 11) is 2.74. The van der Waals surface area contributed by atoms with Crippen molar-refractivity contribution in [1.82, 2.24) is 0 Å². The van der Waals surface area contributed by atoms with Gasteiger partial charge in [-0.15, -0.1) is 0 Å². The first kappa shape index (κ1) is 21.1. The van der Waals surface area contributed by atoms with Crippen molar-refractivity contribution in [2.75, 3.05) is 19.1 Å². The van der Waals surface area contributed by atoms with E-state index in [-0.39, 0.29) is 34.1 Å². The average Bonchev–Trinajstić information content (AvgIpc) is 3.41. The molecule has 164 valence electrons. The van der Waals surface area contributed by atoms with Crippen molar-refractivity contribution in [3.8, 4) is 11.5 Å². The van der Waals surface area contributed by atoms with E-state index in [0.29, 0.717) is 0 Å². The van der Waals surface area contributed by atoms with Crippen LogP contribution in [-0.4, -0.2) is 31.0 Å². The number of methoxy groups -OCH3 is 2. The SMILES string of the molecule is COc1cccc(OC)c1/C(O)=C1\C(=O)C(=O)N(c2ccc(F)c(F)c2)C1c1ccco1. The van der Waals surface area contributed by atoms with Crippen LogP contribution in [0.15, 0.2) is 64.8 Å². The van der Waals surface area contributed by atoms with Gasteiger partial charge in [0.15, 0.2) is 11.6 Å². The zero-order valence-corrected chi connectivity index (χ0v) is 17.0. The van der Waals surface area contributed by atoms with E-state index in [0.717, 1.165) is 23.1 Å². The number of nitrogens with zero attached hydrogens (tertiary/aromatic N) is 1. The Morgan fingerprint density at radius 1 is 1.00 bits per heavy atom. The van der Waals surface area contributed by atoms with Gasteiger partial charge in [-0.25, -0.2) is 8.78 Å². The third-order valence-corrected chi connectivity index (χ3v) is 5.10. The summed E-state index contributed by atoms with van der Waals surface area (Å²) in [6.07, 6.45) is 1.32. The van der Waals surface area contributed by atoms with Gasteiger partial charge in [0.2, 0.25) is 0 Å². The van der Waals surface area contributed by atoms with Crippen molar-refractivity contribution in [2.45, 2.75) is 6.04 Å². The Balaban J connectivity index is 1.99. The number of hydrogen-bond acceptors (Lipinski definition) is 6. The highest BCUT2D eigenvalue weighted by Gasteiger charge is 2.49. The van der Waals surface area contributed by atoms with E-state index in [2.05, 4.69) is 0 Å². The van der Waals surface area contributed by atoms with Crippen molar-refractivity contribution in [3.63, 3.8) is 0 Å². The predicted octanol–water partition coefficient (Wildman–Crippen LogP) is 4.20. The molecule has 9 heteroatoms. The van der Waals surface area contributed by atoms with Crippen LogP contribution in [0.3, 0.4) is 0 Å². The van der Waals surface area contributed by atoms with E-state index in [1.165, 1.54) is 32.6 Å². The molecule has 2 heterocycles. The predicted molar refractivity (Wildman–Crippen MR) is 109 cm³/mol. The van der Waals surface area contributed by atoms with Crippen LogP contribution in [0, 0.1) is 11.6 Å². The van der Waals surface area contributed by atoms with Crippen molar-refractivity contribution in [2.24, 2.45) is 0 Å². The van der Waals surface area contributed by atoms with Crippen LogP contribution in [0.5, 0.6) is 11.5 Å². The normalized spacial score (nSPS) is 17.6. The molecule has 0 bridgehead atoms. The number of benzene rings is 2. The van der Waals surface area contributed by atoms with Gasteiger partial charge in [-0.2, -0.15) is 0 Å². The number of carbonyl (C=O) groups is 2. The first-order valence-corrected chi connectivity index (χ1v) is 9.39. The highest BCUT2D eigenvalue weighted by Crippen LogP contribution is 2.45. The molecule has 4 rings (SSSR count). The molecular formula is C23H17F2NO6. The lowest BCUT2D eigenvalue weighted by molar-refractivity contribution is -0.132. The number of halogens is 2. The van der Waals surface area contributed by atoms with E-state index < -0.39 is 35.1 Å². The molecule has 0 aliphatic carbocycles. The van der Waals surface area contributed by atoms with Crippen molar-refractivity contribution in [1.29, 1.82) is 0 Å². The number of ether oxygens (including phenoxy) is 2. The number of ketones is 1. The quantitative estimate of drug-likeness (QED) is 0.363. The molecule has 0 spiro atoms. The fourth-order valence-corrected chi connectivity index (χ4v) is 3.67. The Morgan fingerprint density at radius 2 is 1.69 bits per heavy atom. The van der Waals surface area contributed by atoms with Crippen molar-refractivity contribution in [3.05, 3.63) is 83.3 Å². The lowest BCUT2D eigenvalue weighted by atomic mass is 9.98. The largest absolute Gasteiger partial charge is 0.506 e. The number of anilines is 1. The zero-order chi connectivity index (χ0) is 23.0. The van der Waals surface area contributed by atoms with E-state index in [1.807, 2.05) is 0 Å². The Labute approximate surface area is 181 Å². The van der Waals surface area contributed by atoms with Crippen LogP contribution < -0.4 is 14.4 Å². The maximum atomic E-state index is 13.9. The summed E-state index contributed by atoms with van der Waals surface area (Å²) in [5.74, 6) is -4.45. The smallest absolute Gasteiger partial charge is 0.300 e. The molecule has 1 atom stereocenters. The number of carbonyl (C=O) groups excluding carboxylic acids is 2. The zero-order valence-electron chi connectivity index (χ0n) is 17.0. The lowest BCUT2D eigenvalue weighted by Crippen LogP contribution is -2.29. The summed E-state index contributed by atoms with van der Waals surface area (Å²) in [6, 6.07) is 9.29. The van der Waals surface area contributed by atoms with E-state index >= 15 is 0 Å². The minimum atomic E-state index is -1.25. The maximum Gasteiger partial charge on any atom is 0.300 e. The second kappa shape index (κ2) is 8.18. The first-order valence-electron chi connectivity index (χ1n) is 9.39. The second-order valence-corrected chi connectivity index (χ2v) is 6.82. The van der Waals surface area contributed by atoms with Crippen LogP contribution >= 0.6 is 0 Å². The Morgan fingerprint density at radius 3 is 2.25 bits per heavy atom. The summed E-state index contributed by atoms with van der Waals surface area (Å²) in [4.78, 5) is 27.0. The number of hydrogen-bond donors (Lipinski definition) is 1. The molecule has 1 aliphatic heterocycles. The monoisotopic (exact) mass is 441 g/mol. The van der Waals surface area contributed by atoms with Gasteiger partial charge in [-0.1, -0.05) is 6.07 Å². The molecule has 3 aromatic rings. The number of Topliss-reactive ketones (excluding diaryl/α,β-unsaturated/α-hetero) is 1. The van der Waals surface area contributed by atoms with Gasteiger partial charge in [0.25, 0.3) is 11.7 Å². The van der Waals surface area contributed by atoms with E-state index in [1.54, 1.807) is 18.2 Å². The Hall–Kier alpha value is -4.14. The van der Waals surface area contributed by atoms with Crippen LogP contribution in [0.1, 0.15) is 17.4 Å². The summed E-state index contributed by atoms with van der Waals surface area (Å²) in [6.45, 7) is 0. The van der Waals surface area contributed by atoms with Gasteiger partial charge in [0.05, 0.1) is 26.1 Å². The van der Waals surface area contributed by atoms with Gasteiger partial charge < -0.3 is 19.0 Å². The average molecular weight is 441 g/mol. The lowest BCUT2D eigenvalue weighted by Gasteiger charge is -2.23. The number of aliphatic hydroxyl groups excluding tert-OH is 1. The van der Waals surface area contributed by atoms with Gasteiger partial charge in [-0.05, 0) is 36.4 Å². The highest BCUT2D eigenvalue weighted by atomic mass is 19.2. The van der Waals surface area contributed by atoms with E-state index in [4.69, 9.17) is 13.9 Å². The molecule has 1 N–H and O–H groups in total. The second-order valence-electron chi connectivity index (χ2n) is 6.82. The molecule has 0 radical (unpaired) electrons. The van der Waals surface area contributed by atoms with Crippen molar-refractivity contribution < 1.29 is 37.4 Å². The van der Waals surface area contributed by atoms with Gasteiger partial charge >= 0.3 is 0 Å². The van der Waals surface area contributed by atoms with Crippen molar-refractivity contribution >= 4 is 23.1 Å². The molecule has 7 nitrogen and oxygen atoms in total. The first-order chi connectivity index (χ1) is 15.4. The molecule has 1 aliphatic rings. The van der Waals surface area contributed by atoms with Crippen LogP contribution in [0.4, 0.5) is 14.5 Å². The molecule has 1 unspecified atom stereocenters. The molecule has 1 fully saturated rings. The molecule has 1 saturated heterocycles. The number of furan rings is 1. The summed E-state index contributed by atoms with van der Waals surface area (Å²) in [5, 5.41) is 11.2. The molecule has 32 heavy (non-hydrogen) atoms. The van der Waals surface area contributed by atoms with E-state index in [9.17, 15) is 23.5 Å². The third-order valence-electron chi connectivity index (χ3n) is 5.10. The summed E-state index contributed by atoms with van der Waals surface area (Å²) >= 11 is 0. The van der Waals surface area contributed by atoms with Gasteiger partial charge in [0, 0.05) is 11.8 Å². The topological polar surface area (TPSA) is 89.2 Å². The standard InChI is InChI=1S/C23H17F2NO6/c1-30-15-5-3-6-16(31-2)18(15)21(27)19-20(17-7-4-10-32-17)26(23(29)22(19)28)12-8-9-13(24)14(25)11-12/h3-11,20,27H,1-2H3/b21-19+. The molecular weight excluding hydrogens is 424 g/mol. The van der Waals surface area contributed by atoms with Gasteiger partial charge in [-0.3, -0.25) is 14.5 Å². The Bertz CT molecular complexity index is 1210. The number of rotatable bonds is 5. The minimum absolute atomic E-state index is 0.0531. The van der Waals surface area contributed by atoms with Crippen LogP contribution in [0.25, 0.3) is 5.76 Å².